The number of hydrogen-bond acceptors (Lipinski definition) is 1. The van der Waals surface area contributed by atoms with Gasteiger partial charge in [-0.15, -0.1) is 0 Å². The number of aryl methyl sites for hydroxylation is 1. The van der Waals surface area contributed by atoms with Gasteiger partial charge in [-0.3, -0.25) is 4.79 Å². The highest BCUT2D eigenvalue weighted by Crippen LogP contribution is 2.32. The van der Waals surface area contributed by atoms with Gasteiger partial charge in [0.15, 0.2) is 0 Å². The fraction of sp³-hybridized carbons (Fsp3) is 0.562. The molecule has 0 bridgehead atoms. The first-order valence-electron chi connectivity index (χ1n) is 6.95. The molecule has 0 saturated heterocycles. The quantitative estimate of drug-likeness (QED) is 0.877. The van der Waals surface area contributed by atoms with Crippen molar-refractivity contribution in [3.63, 3.8) is 0 Å². The van der Waals surface area contributed by atoms with Crippen LogP contribution >= 0.6 is 0 Å². The summed E-state index contributed by atoms with van der Waals surface area (Å²) < 4.78 is 0. The van der Waals surface area contributed by atoms with Crippen molar-refractivity contribution in [1.29, 1.82) is 0 Å². The fourth-order valence-electron chi connectivity index (χ4n) is 2.97. The van der Waals surface area contributed by atoms with Crippen molar-refractivity contribution in [2.24, 2.45) is 11.8 Å². The molecule has 18 heavy (non-hydrogen) atoms. The number of carbonyl (C=O) groups is 1. The molecule has 1 N–H and O–H groups in total. The van der Waals surface area contributed by atoms with Crippen molar-refractivity contribution in [1.82, 2.24) is 0 Å². The minimum atomic E-state index is -0.623. The number of rotatable bonds is 4. The summed E-state index contributed by atoms with van der Waals surface area (Å²) in [7, 11) is 0. The molecule has 1 aliphatic carbocycles. The van der Waals surface area contributed by atoms with Crippen molar-refractivity contribution in [3.05, 3.63) is 35.4 Å². The van der Waals surface area contributed by atoms with Crippen LogP contribution in [0.15, 0.2) is 24.3 Å². The van der Waals surface area contributed by atoms with Crippen LogP contribution in [0.4, 0.5) is 0 Å². The van der Waals surface area contributed by atoms with E-state index in [0.717, 1.165) is 18.4 Å². The number of benzene rings is 1. The van der Waals surface area contributed by atoms with Crippen LogP contribution in [0.2, 0.25) is 0 Å². The second-order valence-corrected chi connectivity index (χ2v) is 5.53. The van der Waals surface area contributed by atoms with Gasteiger partial charge in [0.1, 0.15) is 0 Å². The molecule has 0 aromatic heterocycles. The maximum atomic E-state index is 11.5. The lowest BCUT2D eigenvalue weighted by Gasteiger charge is -2.27. The molecule has 0 radical (unpaired) electrons. The van der Waals surface area contributed by atoms with Crippen molar-refractivity contribution in [2.45, 2.75) is 45.4 Å². The van der Waals surface area contributed by atoms with E-state index in [-0.39, 0.29) is 5.92 Å². The second-order valence-electron chi connectivity index (χ2n) is 5.53. The zero-order valence-electron chi connectivity index (χ0n) is 11.1. The van der Waals surface area contributed by atoms with Crippen LogP contribution in [0.1, 0.15) is 43.2 Å². The lowest BCUT2D eigenvalue weighted by atomic mass is 9.77. The van der Waals surface area contributed by atoms with Crippen LogP contribution in [0.5, 0.6) is 0 Å². The summed E-state index contributed by atoms with van der Waals surface area (Å²) in [6.07, 6.45) is 6.52. The Morgan fingerprint density at radius 1 is 1.22 bits per heavy atom. The Balaban J connectivity index is 2.05. The Kier molecular flexibility index (Phi) is 4.40. The van der Waals surface area contributed by atoms with Gasteiger partial charge in [-0.1, -0.05) is 49.1 Å². The SMILES string of the molecule is Cc1ccc(CC(C(=O)O)C2CCCCC2)cc1. The normalized spacial score (nSPS) is 18.5. The topological polar surface area (TPSA) is 37.3 Å². The summed E-state index contributed by atoms with van der Waals surface area (Å²) in [6.45, 7) is 2.06. The number of hydrogen-bond donors (Lipinski definition) is 1. The van der Waals surface area contributed by atoms with Crippen LogP contribution in [-0.4, -0.2) is 11.1 Å². The molecule has 1 saturated carbocycles. The Morgan fingerprint density at radius 3 is 2.39 bits per heavy atom. The van der Waals surface area contributed by atoms with E-state index < -0.39 is 5.97 Å². The van der Waals surface area contributed by atoms with Crippen LogP contribution in [-0.2, 0) is 11.2 Å². The van der Waals surface area contributed by atoms with Gasteiger partial charge in [0.25, 0.3) is 0 Å². The number of carboxylic acids is 1. The molecule has 1 aromatic rings. The van der Waals surface area contributed by atoms with Gasteiger partial charge in [0.05, 0.1) is 5.92 Å². The molecule has 0 aliphatic heterocycles. The Morgan fingerprint density at radius 2 is 1.83 bits per heavy atom. The summed E-state index contributed by atoms with van der Waals surface area (Å²) in [5.41, 5.74) is 2.38. The molecule has 1 unspecified atom stereocenters. The third-order valence-electron chi connectivity index (χ3n) is 4.11. The second kappa shape index (κ2) is 6.03. The first-order valence-corrected chi connectivity index (χ1v) is 6.95. The van der Waals surface area contributed by atoms with Crippen molar-refractivity contribution < 1.29 is 9.90 Å². The molecule has 2 nitrogen and oxygen atoms in total. The van der Waals surface area contributed by atoms with Crippen LogP contribution in [0.25, 0.3) is 0 Å². The average molecular weight is 246 g/mol. The van der Waals surface area contributed by atoms with E-state index in [1.54, 1.807) is 0 Å². The van der Waals surface area contributed by atoms with Gasteiger partial charge < -0.3 is 5.11 Å². The van der Waals surface area contributed by atoms with E-state index in [0.29, 0.717) is 12.3 Å². The standard InChI is InChI=1S/C16H22O2/c1-12-7-9-13(10-8-12)11-15(16(17)18)14-5-3-2-4-6-14/h7-10,14-15H,2-6,11H2,1H3,(H,17,18). The van der Waals surface area contributed by atoms with Crippen molar-refractivity contribution in [3.8, 4) is 0 Å². The highest BCUT2D eigenvalue weighted by molar-refractivity contribution is 5.70. The first kappa shape index (κ1) is 13.1. The molecule has 2 heteroatoms. The van der Waals surface area contributed by atoms with Gasteiger partial charge >= 0.3 is 5.97 Å². The van der Waals surface area contributed by atoms with E-state index in [9.17, 15) is 9.90 Å². The summed E-state index contributed by atoms with van der Waals surface area (Å²) in [5.74, 6) is -0.451. The highest BCUT2D eigenvalue weighted by Gasteiger charge is 2.29. The van der Waals surface area contributed by atoms with Gasteiger partial charge in [0.2, 0.25) is 0 Å². The fourth-order valence-corrected chi connectivity index (χ4v) is 2.97. The van der Waals surface area contributed by atoms with Crippen LogP contribution < -0.4 is 0 Å². The Hall–Kier alpha value is -1.31. The minimum Gasteiger partial charge on any atom is -0.481 e. The first-order chi connectivity index (χ1) is 8.66. The van der Waals surface area contributed by atoms with Gasteiger partial charge in [-0.2, -0.15) is 0 Å². The van der Waals surface area contributed by atoms with E-state index >= 15 is 0 Å². The zero-order chi connectivity index (χ0) is 13.0. The van der Waals surface area contributed by atoms with E-state index in [2.05, 4.69) is 31.2 Å². The zero-order valence-corrected chi connectivity index (χ0v) is 11.1. The van der Waals surface area contributed by atoms with E-state index in [4.69, 9.17) is 0 Å². The molecule has 0 amide bonds. The van der Waals surface area contributed by atoms with Gasteiger partial charge in [-0.05, 0) is 37.7 Å². The lowest BCUT2D eigenvalue weighted by molar-refractivity contribution is -0.144. The Labute approximate surface area is 109 Å². The predicted octanol–water partition coefficient (Wildman–Crippen LogP) is 3.82. The summed E-state index contributed by atoms with van der Waals surface area (Å²) in [6, 6.07) is 8.26. The third kappa shape index (κ3) is 3.34. The number of aliphatic carboxylic acids is 1. The maximum Gasteiger partial charge on any atom is 0.307 e. The van der Waals surface area contributed by atoms with Gasteiger partial charge in [-0.25, -0.2) is 0 Å². The minimum absolute atomic E-state index is 0.201. The summed E-state index contributed by atoms with van der Waals surface area (Å²) in [4.78, 5) is 11.5. The summed E-state index contributed by atoms with van der Waals surface area (Å²) in [5, 5.41) is 9.44. The molecular weight excluding hydrogens is 224 g/mol. The molecule has 0 heterocycles. The number of carboxylic acid groups (broad SMARTS) is 1. The third-order valence-corrected chi connectivity index (χ3v) is 4.11. The molecular formula is C16H22O2. The molecule has 1 atom stereocenters. The highest BCUT2D eigenvalue weighted by atomic mass is 16.4. The lowest BCUT2D eigenvalue weighted by Crippen LogP contribution is -2.27. The van der Waals surface area contributed by atoms with Crippen molar-refractivity contribution >= 4 is 5.97 Å². The molecule has 1 fully saturated rings. The van der Waals surface area contributed by atoms with Crippen LogP contribution in [0.3, 0.4) is 0 Å². The van der Waals surface area contributed by atoms with Crippen LogP contribution in [0, 0.1) is 18.8 Å². The molecule has 1 aliphatic rings. The van der Waals surface area contributed by atoms with E-state index in [1.807, 2.05) is 0 Å². The Bertz CT molecular complexity index is 388. The monoisotopic (exact) mass is 246 g/mol. The predicted molar refractivity (Wildman–Crippen MR) is 72.6 cm³/mol. The average Bonchev–Trinajstić information content (AvgIpc) is 2.38. The van der Waals surface area contributed by atoms with Crippen molar-refractivity contribution in [2.75, 3.05) is 0 Å². The van der Waals surface area contributed by atoms with Gasteiger partial charge in [0, 0.05) is 0 Å². The van der Waals surface area contributed by atoms with E-state index in [1.165, 1.54) is 24.8 Å². The molecule has 2 rings (SSSR count). The molecule has 98 valence electrons. The summed E-state index contributed by atoms with van der Waals surface area (Å²) >= 11 is 0. The maximum absolute atomic E-state index is 11.5. The smallest absolute Gasteiger partial charge is 0.307 e. The molecule has 1 aromatic carbocycles. The largest absolute Gasteiger partial charge is 0.481 e. The molecule has 0 spiro atoms.